The van der Waals surface area contributed by atoms with Crippen molar-refractivity contribution in [2.45, 2.75) is 31.8 Å². The minimum atomic E-state index is -0.124. The molecule has 144 valence electrons. The molecule has 2 aliphatic rings. The van der Waals surface area contributed by atoms with Crippen molar-refractivity contribution in [3.63, 3.8) is 0 Å². The molecule has 6 heteroatoms. The molecule has 0 radical (unpaired) electrons. The van der Waals surface area contributed by atoms with Crippen molar-refractivity contribution in [2.24, 2.45) is 5.92 Å². The Kier molecular flexibility index (Phi) is 6.88. The topological polar surface area (TPSA) is 62.2 Å². The standard InChI is InChI=1S/C20H30N2O4/c1-25-20(24)7-4-17-15-21(14-16-2-5-18(23)6-3-16)9-8-19(17)22-10-12-26-13-11-22/h2-3,5-6,17,19,23H,4,7-15H2,1H3/t17-,19+/m0/s1. The zero-order valence-corrected chi connectivity index (χ0v) is 15.6. The van der Waals surface area contributed by atoms with Gasteiger partial charge in [-0.1, -0.05) is 12.1 Å². The van der Waals surface area contributed by atoms with E-state index in [1.165, 1.54) is 12.7 Å². The lowest BCUT2D eigenvalue weighted by atomic mass is 9.86. The third-order valence-electron chi connectivity index (χ3n) is 5.58. The number of rotatable bonds is 6. The van der Waals surface area contributed by atoms with Gasteiger partial charge < -0.3 is 14.6 Å². The van der Waals surface area contributed by atoms with Crippen LogP contribution in [0.1, 0.15) is 24.8 Å². The molecule has 2 aliphatic heterocycles. The molecule has 2 heterocycles. The monoisotopic (exact) mass is 362 g/mol. The largest absolute Gasteiger partial charge is 0.508 e. The first-order valence-corrected chi connectivity index (χ1v) is 9.54. The summed E-state index contributed by atoms with van der Waals surface area (Å²) in [7, 11) is 1.46. The second kappa shape index (κ2) is 9.35. The number of hydrogen-bond donors (Lipinski definition) is 1. The van der Waals surface area contributed by atoms with Crippen LogP contribution in [0.15, 0.2) is 24.3 Å². The summed E-state index contributed by atoms with van der Waals surface area (Å²) in [6.07, 6.45) is 2.46. The van der Waals surface area contributed by atoms with Crippen LogP contribution < -0.4 is 0 Å². The summed E-state index contributed by atoms with van der Waals surface area (Å²) in [6, 6.07) is 7.95. The first kappa shape index (κ1) is 19.1. The average Bonchev–Trinajstić information content (AvgIpc) is 2.68. The number of methoxy groups -OCH3 is 1. The minimum absolute atomic E-state index is 0.124. The van der Waals surface area contributed by atoms with Gasteiger partial charge in [-0.2, -0.15) is 0 Å². The van der Waals surface area contributed by atoms with Gasteiger partial charge in [-0.3, -0.25) is 14.6 Å². The zero-order valence-electron chi connectivity index (χ0n) is 15.6. The van der Waals surface area contributed by atoms with E-state index < -0.39 is 0 Å². The van der Waals surface area contributed by atoms with Crippen LogP contribution in [-0.4, -0.2) is 73.4 Å². The van der Waals surface area contributed by atoms with Crippen molar-refractivity contribution < 1.29 is 19.4 Å². The molecule has 0 amide bonds. The number of phenols is 1. The van der Waals surface area contributed by atoms with Gasteiger partial charge in [0.1, 0.15) is 5.75 Å². The number of benzene rings is 1. The van der Waals surface area contributed by atoms with Gasteiger partial charge in [0, 0.05) is 38.6 Å². The van der Waals surface area contributed by atoms with Crippen LogP contribution in [0.4, 0.5) is 0 Å². The Balaban J connectivity index is 1.62. The van der Waals surface area contributed by atoms with Crippen LogP contribution >= 0.6 is 0 Å². The van der Waals surface area contributed by atoms with Gasteiger partial charge in [-0.25, -0.2) is 0 Å². The van der Waals surface area contributed by atoms with E-state index in [1.54, 1.807) is 12.1 Å². The molecule has 1 aromatic rings. The van der Waals surface area contributed by atoms with Crippen molar-refractivity contribution in [1.82, 2.24) is 9.80 Å². The molecule has 0 saturated carbocycles. The van der Waals surface area contributed by atoms with Gasteiger partial charge in [0.05, 0.1) is 20.3 Å². The van der Waals surface area contributed by atoms with Crippen molar-refractivity contribution >= 4 is 5.97 Å². The van der Waals surface area contributed by atoms with E-state index in [1.807, 2.05) is 12.1 Å². The number of aromatic hydroxyl groups is 1. The number of carbonyl (C=O) groups excluding carboxylic acids is 1. The minimum Gasteiger partial charge on any atom is -0.508 e. The molecule has 2 saturated heterocycles. The first-order chi connectivity index (χ1) is 12.7. The highest BCUT2D eigenvalue weighted by Crippen LogP contribution is 2.28. The Morgan fingerprint density at radius 3 is 2.65 bits per heavy atom. The van der Waals surface area contributed by atoms with Crippen LogP contribution in [0.3, 0.4) is 0 Å². The highest BCUT2D eigenvalue weighted by molar-refractivity contribution is 5.69. The molecule has 1 aromatic carbocycles. The maximum atomic E-state index is 11.6. The molecular weight excluding hydrogens is 332 g/mol. The number of carbonyl (C=O) groups is 1. The normalized spacial score (nSPS) is 25.1. The number of ether oxygens (including phenoxy) is 2. The second-order valence-corrected chi connectivity index (χ2v) is 7.28. The number of nitrogens with zero attached hydrogens (tertiary/aromatic N) is 2. The third kappa shape index (κ3) is 5.19. The van der Waals surface area contributed by atoms with E-state index in [-0.39, 0.29) is 5.97 Å². The number of likely N-dealkylation sites (tertiary alicyclic amines) is 1. The third-order valence-corrected chi connectivity index (χ3v) is 5.58. The summed E-state index contributed by atoms with van der Waals surface area (Å²) in [6.45, 7) is 6.49. The van der Waals surface area contributed by atoms with Crippen molar-refractivity contribution in [2.75, 3.05) is 46.5 Å². The molecule has 26 heavy (non-hydrogen) atoms. The van der Waals surface area contributed by atoms with Crippen LogP contribution in [0.5, 0.6) is 5.75 Å². The van der Waals surface area contributed by atoms with Gasteiger partial charge in [0.25, 0.3) is 0 Å². The molecule has 0 bridgehead atoms. The van der Waals surface area contributed by atoms with Gasteiger partial charge in [0.15, 0.2) is 0 Å². The highest BCUT2D eigenvalue weighted by Gasteiger charge is 2.34. The summed E-state index contributed by atoms with van der Waals surface area (Å²) >= 11 is 0. The number of piperidine rings is 1. The fourth-order valence-corrected chi connectivity index (χ4v) is 4.18. The van der Waals surface area contributed by atoms with E-state index in [0.717, 1.165) is 58.8 Å². The average molecular weight is 362 g/mol. The molecule has 0 aliphatic carbocycles. The quantitative estimate of drug-likeness (QED) is 0.780. The Hall–Kier alpha value is -1.63. The summed E-state index contributed by atoms with van der Waals surface area (Å²) in [5.41, 5.74) is 1.21. The Bertz CT molecular complexity index is 572. The Morgan fingerprint density at radius 1 is 1.23 bits per heavy atom. The summed E-state index contributed by atoms with van der Waals surface area (Å²) < 4.78 is 10.4. The summed E-state index contributed by atoms with van der Waals surface area (Å²) in [5, 5.41) is 9.46. The van der Waals surface area contributed by atoms with Crippen molar-refractivity contribution in [1.29, 1.82) is 0 Å². The van der Waals surface area contributed by atoms with E-state index in [0.29, 0.717) is 24.1 Å². The fourth-order valence-electron chi connectivity index (χ4n) is 4.18. The predicted molar refractivity (Wildman–Crippen MR) is 98.9 cm³/mol. The smallest absolute Gasteiger partial charge is 0.305 e. The van der Waals surface area contributed by atoms with Gasteiger partial charge in [-0.15, -0.1) is 0 Å². The van der Waals surface area contributed by atoms with E-state index >= 15 is 0 Å². The summed E-state index contributed by atoms with van der Waals surface area (Å²) in [5.74, 6) is 0.634. The first-order valence-electron chi connectivity index (χ1n) is 9.54. The Morgan fingerprint density at radius 2 is 1.96 bits per heavy atom. The highest BCUT2D eigenvalue weighted by atomic mass is 16.5. The summed E-state index contributed by atoms with van der Waals surface area (Å²) in [4.78, 5) is 16.7. The lowest BCUT2D eigenvalue weighted by Crippen LogP contribution is -2.53. The molecule has 0 aromatic heterocycles. The van der Waals surface area contributed by atoms with E-state index in [9.17, 15) is 9.90 Å². The van der Waals surface area contributed by atoms with Gasteiger partial charge >= 0.3 is 5.97 Å². The van der Waals surface area contributed by atoms with Gasteiger partial charge in [-0.05, 0) is 43.0 Å². The van der Waals surface area contributed by atoms with E-state index in [4.69, 9.17) is 9.47 Å². The zero-order chi connectivity index (χ0) is 18.4. The fraction of sp³-hybridized carbons (Fsp3) is 0.650. The van der Waals surface area contributed by atoms with Crippen LogP contribution in [0.25, 0.3) is 0 Å². The van der Waals surface area contributed by atoms with Crippen molar-refractivity contribution in [3.8, 4) is 5.75 Å². The number of esters is 1. The molecule has 2 atom stereocenters. The Labute approximate surface area is 155 Å². The SMILES string of the molecule is COC(=O)CC[C@H]1CN(Cc2ccc(O)cc2)CC[C@H]1N1CCOCC1. The number of phenolic OH excluding ortho intramolecular Hbond substituents is 1. The van der Waals surface area contributed by atoms with Gasteiger partial charge in [0.2, 0.25) is 0 Å². The predicted octanol–water partition coefficient (Wildman–Crippen LogP) is 1.87. The van der Waals surface area contributed by atoms with Crippen LogP contribution in [0, 0.1) is 5.92 Å². The van der Waals surface area contributed by atoms with E-state index in [2.05, 4.69) is 9.80 Å². The van der Waals surface area contributed by atoms with Crippen LogP contribution in [0.2, 0.25) is 0 Å². The molecule has 0 spiro atoms. The number of morpholine rings is 1. The maximum absolute atomic E-state index is 11.6. The molecule has 0 unspecified atom stereocenters. The second-order valence-electron chi connectivity index (χ2n) is 7.28. The van der Waals surface area contributed by atoms with Crippen LogP contribution in [-0.2, 0) is 20.8 Å². The maximum Gasteiger partial charge on any atom is 0.305 e. The van der Waals surface area contributed by atoms with Crippen molar-refractivity contribution in [3.05, 3.63) is 29.8 Å². The molecular formula is C20H30N2O4. The number of hydrogen-bond acceptors (Lipinski definition) is 6. The molecule has 1 N–H and O–H groups in total. The molecule has 6 nitrogen and oxygen atoms in total. The lowest BCUT2D eigenvalue weighted by molar-refractivity contribution is -0.141. The lowest BCUT2D eigenvalue weighted by Gasteiger charge is -2.45. The molecule has 3 rings (SSSR count). The molecule has 2 fully saturated rings.